The number of nitro groups is 1. The van der Waals surface area contributed by atoms with E-state index < -0.39 is 14.9 Å². The van der Waals surface area contributed by atoms with Gasteiger partial charge in [0.25, 0.3) is 11.6 Å². The van der Waals surface area contributed by atoms with Gasteiger partial charge in [0.1, 0.15) is 0 Å². The van der Waals surface area contributed by atoms with Crippen molar-refractivity contribution in [2.24, 2.45) is 0 Å². The first-order valence-electron chi connectivity index (χ1n) is 10.3. The molecule has 2 heterocycles. The lowest BCUT2D eigenvalue weighted by atomic mass is 10.1. The summed E-state index contributed by atoms with van der Waals surface area (Å²) in [5, 5.41) is 11.3. The Hall–Kier alpha value is -3.02. The Labute approximate surface area is 186 Å². The van der Waals surface area contributed by atoms with E-state index >= 15 is 0 Å². The molecule has 0 N–H and O–H groups in total. The van der Waals surface area contributed by atoms with Gasteiger partial charge in [-0.05, 0) is 18.2 Å². The number of hydrogen-bond acceptors (Lipinski definition) is 7. The molecule has 0 radical (unpaired) electrons. The Balaban J connectivity index is 1.56. The van der Waals surface area contributed by atoms with Gasteiger partial charge < -0.3 is 14.5 Å². The molecule has 4 rings (SSSR count). The van der Waals surface area contributed by atoms with Gasteiger partial charge in [-0.1, -0.05) is 18.2 Å². The number of amides is 1. The summed E-state index contributed by atoms with van der Waals surface area (Å²) in [6, 6.07) is 12.5. The van der Waals surface area contributed by atoms with Crippen LogP contribution in [0.5, 0.6) is 0 Å². The molecule has 0 aliphatic carbocycles. The van der Waals surface area contributed by atoms with Gasteiger partial charge in [-0.3, -0.25) is 14.9 Å². The molecule has 0 saturated carbocycles. The van der Waals surface area contributed by atoms with Gasteiger partial charge in [-0.2, -0.15) is 4.31 Å². The summed E-state index contributed by atoms with van der Waals surface area (Å²) < 4.78 is 32.5. The Morgan fingerprint density at radius 2 is 1.59 bits per heavy atom. The van der Waals surface area contributed by atoms with Crippen molar-refractivity contribution >= 4 is 27.3 Å². The third-order valence-electron chi connectivity index (χ3n) is 5.68. The number of carbonyl (C=O) groups excluding carboxylic acids is 1. The van der Waals surface area contributed by atoms with E-state index in [0.29, 0.717) is 45.1 Å². The van der Waals surface area contributed by atoms with Crippen LogP contribution < -0.4 is 4.90 Å². The Kier molecular flexibility index (Phi) is 6.40. The number of anilines is 1. The fourth-order valence-corrected chi connectivity index (χ4v) is 5.38. The molecular formula is C21H24N4O6S. The molecule has 2 aliphatic heterocycles. The molecule has 0 bridgehead atoms. The van der Waals surface area contributed by atoms with Crippen LogP contribution in [0.25, 0.3) is 0 Å². The minimum atomic E-state index is -3.60. The molecule has 2 saturated heterocycles. The topological polar surface area (TPSA) is 113 Å². The van der Waals surface area contributed by atoms with E-state index in [-0.39, 0.29) is 35.1 Å². The van der Waals surface area contributed by atoms with E-state index in [1.54, 1.807) is 41.3 Å². The second kappa shape index (κ2) is 9.23. The van der Waals surface area contributed by atoms with Crippen LogP contribution in [0.1, 0.15) is 10.4 Å². The summed E-state index contributed by atoms with van der Waals surface area (Å²) in [6.07, 6.45) is 0. The molecule has 0 unspecified atom stereocenters. The fraction of sp³-hybridized carbons (Fsp3) is 0.381. The predicted octanol–water partition coefficient (Wildman–Crippen LogP) is 1.58. The quantitative estimate of drug-likeness (QED) is 0.492. The van der Waals surface area contributed by atoms with E-state index in [1.807, 2.05) is 4.90 Å². The molecule has 32 heavy (non-hydrogen) atoms. The molecule has 2 aromatic rings. The van der Waals surface area contributed by atoms with Crippen molar-refractivity contribution in [3.05, 3.63) is 64.2 Å². The van der Waals surface area contributed by atoms with Gasteiger partial charge in [0.15, 0.2) is 0 Å². The van der Waals surface area contributed by atoms with E-state index in [4.69, 9.17) is 4.74 Å². The van der Waals surface area contributed by atoms with Gasteiger partial charge in [0, 0.05) is 51.4 Å². The molecular weight excluding hydrogens is 436 g/mol. The number of nitrogens with zero attached hydrogens (tertiary/aromatic N) is 4. The summed E-state index contributed by atoms with van der Waals surface area (Å²) in [5.41, 5.74) is 0.667. The van der Waals surface area contributed by atoms with E-state index in [9.17, 15) is 23.3 Å². The molecule has 0 spiro atoms. The number of carbonyl (C=O) groups is 1. The van der Waals surface area contributed by atoms with Gasteiger partial charge in [-0.15, -0.1) is 0 Å². The zero-order valence-corrected chi connectivity index (χ0v) is 18.2. The smallest absolute Gasteiger partial charge is 0.270 e. The number of piperazine rings is 1. The predicted molar refractivity (Wildman–Crippen MR) is 117 cm³/mol. The third kappa shape index (κ3) is 4.45. The van der Waals surface area contributed by atoms with Gasteiger partial charge in [0.2, 0.25) is 10.0 Å². The van der Waals surface area contributed by atoms with Crippen LogP contribution in [0.4, 0.5) is 11.4 Å². The Bertz CT molecular complexity index is 1090. The van der Waals surface area contributed by atoms with Gasteiger partial charge >= 0.3 is 0 Å². The summed E-state index contributed by atoms with van der Waals surface area (Å²) >= 11 is 0. The van der Waals surface area contributed by atoms with Crippen molar-refractivity contribution in [1.29, 1.82) is 0 Å². The number of non-ortho nitro benzene ring substituents is 1. The Morgan fingerprint density at radius 3 is 2.22 bits per heavy atom. The molecule has 1 amide bonds. The summed E-state index contributed by atoms with van der Waals surface area (Å²) in [6.45, 7) is 2.92. The standard InChI is InChI=1S/C21H24N4O6S/c26-21(23-12-14-31-15-13-23)19-16-17(25(27)28)6-7-20(19)22-8-10-24(11-9-22)32(29,30)18-4-2-1-3-5-18/h1-7,16H,8-15H2. The van der Waals surface area contributed by atoms with Crippen molar-refractivity contribution in [2.45, 2.75) is 4.90 Å². The molecule has 2 aromatic carbocycles. The average molecular weight is 461 g/mol. The number of morpholine rings is 1. The van der Waals surface area contributed by atoms with Crippen LogP contribution in [0.15, 0.2) is 53.4 Å². The number of hydrogen-bond donors (Lipinski definition) is 0. The summed E-state index contributed by atoms with van der Waals surface area (Å²) in [5.74, 6) is -0.286. The van der Waals surface area contributed by atoms with Crippen molar-refractivity contribution in [3.63, 3.8) is 0 Å². The normalized spacial score (nSPS) is 17.9. The van der Waals surface area contributed by atoms with E-state index in [1.165, 1.54) is 16.4 Å². The summed E-state index contributed by atoms with van der Waals surface area (Å²) in [7, 11) is -3.60. The van der Waals surface area contributed by atoms with Crippen LogP contribution in [0.2, 0.25) is 0 Å². The molecule has 2 aliphatic rings. The van der Waals surface area contributed by atoms with Gasteiger partial charge in [0.05, 0.1) is 34.3 Å². The molecule has 11 heteroatoms. The lowest BCUT2D eigenvalue weighted by Gasteiger charge is -2.36. The highest BCUT2D eigenvalue weighted by Gasteiger charge is 2.31. The minimum Gasteiger partial charge on any atom is -0.378 e. The van der Waals surface area contributed by atoms with Crippen LogP contribution in [-0.2, 0) is 14.8 Å². The highest BCUT2D eigenvalue weighted by Crippen LogP contribution is 2.29. The molecule has 2 fully saturated rings. The maximum atomic E-state index is 13.2. The average Bonchev–Trinajstić information content (AvgIpc) is 2.84. The fourth-order valence-electron chi connectivity index (χ4n) is 3.93. The van der Waals surface area contributed by atoms with Crippen molar-refractivity contribution in [1.82, 2.24) is 9.21 Å². The van der Waals surface area contributed by atoms with Gasteiger partial charge in [-0.25, -0.2) is 8.42 Å². The number of ether oxygens (including phenoxy) is 1. The number of benzene rings is 2. The van der Waals surface area contributed by atoms with Crippen LogP contribution in [0.3, 0.4) is 0 Å². The first-order valence-corrected chi connectivity index (χ1v) is 11.8. The minimum absolute atomic E-state index is 0.157. The van der Waals surface area contributed by atoms with Crippen molar-refractivity contribution in [3.8, 4) is 0 Å². The molecule has 10 nitrogen and oxygen atoms in total. The number of sulfonamides is 1. The zero-order valence-electron chi connectivity index (χ0n) is 17.4. The second-order valence-electron chi connectivity index (χ2n) is 7.57. The summed E-state index contributed by atoms with van der Waals surface area (Å²) in [4.78, 5) is 27.7. The van der Waals surface area contributed by atoms with Crippen molar-refractivity contribution in [2.75, 3.05) is 57.4 Å². The first-order chi connectivity index (χ1) is 15.4. The molecule has 170 valence electrons. The monoisotopic (exact) mass is 460 g/mol. The first kappa shape index (κ1) is 22.2. The largest absolute Gasteiger partial charge is 0.378 e. The lowest BCUT2D eigenvalue weighted by Crippen LogP contribution is -2.49. The number of rotatable bonds is 5. The molecule has 0 atom stereocenters. The van der Waals surface area contributed by atoms with E-state index in [0.717, 1.165) is 0 Å². The SMILES string of the molecule is O=C(c1cc([N+](=O)[O-])ccc1N1CCN(S(=O)(=O)c2ccccc2)CC1)N1CCOCC1. The maximum absolute atomic E-state index is 13.2. The van der Waals surface area contributed by atoms with Crippen LogP contribution in [-0.4, -0.2) is 80.9 Å². The highest BCUT2D eigenvalue weighted by molar-refractivity contribution is 7.89. The maximum Gasteiger partial charge on any atom is 0.270 e. The lowest BCUT2D eigenvalue weighted by molar-refractivity contribution is -0.384. The Morgan fingerprint density at radius 1 is 0.938 bits per heavy atom. The van der Waals surface area contributed by atoms with Crippen molar-refractivity contribution < 1.29 is 22.9 Å². The molecule has 0 aromatic heterocycles. The van der Waals surface area contributed by atoms with E-state index in [2.05, 4.69) is 0 Å². The third-order valence-corrected chi connectivity index (χ3v) is 7.59. The second-order valence-corrected chi connectivity index (χ2v) is 9.51. The zero-order chi connectivity index (χ0) is 22.7. The number of nitro benzene ring substituents is 1. The van der Waals surface area contributed by atoms with Crippen LogP contribution >= 0.6 is 0 Å². The van der Waals surface area contributed by atoms with Crippen LogP contribution in [0, 0.1) is 10.1 Å². The highest BCUT2D eigenvalue weighted by atomic mass is 32.2.